The van der Waals surface area contributed by atoms with Crippen LogP contribution in [0.5, 0.6) is 11.5 Å². The first kappa shape index (κ1) is 23.2. The standard InChI is InChI=1S/C22H22BCl2N2O4/c1-30-15-8-6-13(7-9-15)12-27-22(28)17-5-3-2-4-16(17)21(26)31-20-18(24)10-14(23-29)11-19(20)25/h6-11,26,29H,2-5,12H2,1H3,(H,27,28). The van der Waals surface area contributed by atoms with Crippen molar-refractivity contribution in [1.82, 2.24) is 5.32 Å². The van der Waals surface area contributed by atoms with Crippen molar-refractivity contribution in [2.45, 2.75) is 32.2 Å². The van der Waals surface area contributed by atoms with Crippen molar-refractivity contribution < 1.29 is 19.3 Å². The third kappa shape index (κ3) is 5.82. The molecule has 2 aromatic carbocycles. The Morgan fingerprint density at radius 1 is 1.13 bits per heavy atom. The Balaban J connectivity index is 1.75. The number of hydrogen-bond acceptors (Lipinski definition) is 5. The summed E-state index contributed by atoms with van der Waals surface area (Å²) in [5.41, 5.74) is 2.45. The Morgan fingerprint density at radius 3 is 2.32 bits per heavy atom. The number of carbonyl (C=O) groups is 1. The van der Waals surface area contributed by atoms with Crippen LogP contribution in [0.3, 0.4) is 0 Å². The number of carbonyl (C=O) groups excluding carboxylic acids is 1. The highest BCUT2D eigenvalue weighted by molar-refractivity contribution is 6.48. The van der Waals surface area contributed by atoms with Crippen LogP contribution in [0.2, 0.25) is 10.0 Å². The quantitative estimate of drug-likeness (QED) is 0.333. The second kappa shape index (κ2) is 10.7. The number of methoxy groups -OCH3 is 1. The molecule has 9 heteroatoms. The molecule has 0 unspecified atom stereocenters. The van der Waals surface area contributed by atoms with Crippen LogP contribution < -0.4 is 20.3 Å². The second-order valence-electron chi connectivity index (χ2n) is 7.07. The lowest BCUT2D eigenvalue weighted by molar-refractivity contribution is -0.117. The number of ether oxygens (including phenoxy) is 2. The maximum atomic E-state index is 12.8. The van der Waals surface area contributed by atoms with Gasteiger partial charge in [0.15, 0.2) is 5.75 Å². The van der Waals surface area contributed by atoms with Crippen LogP contribution in [-0.2, 0) is 11.3 Å². The Kier molecular flexibility index (Phi) is 8.01. The van der Waals surface area contributed by atoms with Crippen LogP contribution in [0.25, 0.3) is 0 Å². The third-order valence-electron chi connectivity index (χ3n) is 5.00. The highest BCUT2D eigenvalue weighted by atomic mass is 35.5. The van der Waals surface area contributed by atoms with Crippen molar-refractivity contribution in [3.8, 4) is 11.5 Å². The normalized spacial score (nSPS) is 13.5. The fourth-order valence-corrected chi connectivity index (χ4v) is 3.94. The van der Waals surface area contributed by atoms with Gasteiger partial charge in [-0.05, 0) is 55.5 Å². The summed E-state index contributed by atoms with van der Waals surface area (Å²) in [5.74, 6) is 0.496. The van der Waals surface area contributed by atoms with Crippen molar-refractivity contribution >= 4 is 48.0 Å². The van der Waals surface area contributed by atoms with Gasteiger partial charge in [-0.1, -0.05) is 40.8 Å². The predicted octanol–water partition coefficient (Wildman–Crippen LogP) is 3.78. The first-order chi connectivity index (χ1) is 14.9. The van der Waals surface area contributed by atoms with Crippen LogP contribution >= 0.6 is 23.2 Å². The largest absolute Gasteiger partial charge is 0.497 e. The second-order valence-corrected chi connectivity index (χ2v) is 7.88. The van der Waals surface area contributed by atoms with E-state index in [0.29, 0.717) is 36.0 Å². The van der Waals surface area contributed by atoms with E-state index in [1.807, 2.05) is 24.3 Å². The monoisotopic (exact) mass is 459 g/mol. The number of halogens is 2. The Morgan fingerprint density at radius 2 is 1.74 bits per heavy atom. The van der Waals surface area contributed by atoms with Gasteiger partial charge in [-0.3, -0.25) is 10.2 Å². The summed E-state index contributed by atoms with van der Waals surface area (Å²) < 4.78 is 10.8. The van der Waals surface area contributed by atoms with E-state index in [-0.39, 0.29) is 27.6 Å². The molecule has 1 amide bonds. The summed E-state index contributed by atoms with van der Waals surface area (Å²) in [6, 6.07) is 10.4. The Hall–Kier alpha value is -2.48. The van der Waals surface area contributed by atoms with Gasteiger partial charge in [-0.25, -0.2) is 0 Å². The molecule has 0 bridgehead atoms. The van der Waals surface area contributed by atoms with Crippen molar-refractivity contribution in [2.24, 2.45) is 0 Å². The van der Waals surface area contributed by atoms with Crippen molar-refractivity contribution in [3.63, 3.8) is 0 Å². The van der Waals surface area contributed by atoms with E-state index in [1.165, 1.54) is 12.1 Å². The molecule has 6 nitrogen and oxygen atoms in total. The van der Waals surface area contributed by atoms with Gasteiger partial charge in [0.25, 0.3) is 0 Å². The Bertz CT molecular complexity index is 986. The van der Waals surface area contributed by atoms with Crippen LogP contribution in [-0.4, -0.2) is 31.4 Å². The minimum Gasteiger partial charge on any atom is -0.497 e. The van der Waals surface area contributed by atoms with E-state index in [0.717, 1.165) is 31.6 Å². The molecule has 0 aliphatic heterocycles. The van der Waals surface area contributed by atoms with E-state index < -0.39 is 0 Å². The maximum Gasteiger partial charge on any atom is 0.326 e. The lowest BCUT2D eigenvalue weighted by Gasteiger charge is -2.21. The molecule has 1 aliphatic rings. The zero-order chi connectivity index (χ0) is 22.4. The number of benzene rings is 2. The van der Waals surface area contributed by atoms with Gasteiger partial charge in [0, 0.05) is 17.7 Å². The first-order valence-corrected chi connectivity index (χ1v) is 10.5. The number of rotatable bonds is 7. The van der Waals surface area contributed by atoms with E-state index >= 15 is 0 Å². The lowest BCUT2D eigenvalue weighted by Crippen LogP contribution is -2.29. The lowest BCUT2D eigenvalue weighted by atomic mass is 9.89. The molecular formula is C22H22BCl2N2O4. The molecule has 1 radical (unpaired) electrons. The van der Waals surface area contributed by atoms with Gasteiger partial charge in [0.05, 0.1) is 17.2 Å². The molecule has 0 saturated heterocycles. The van der Waals surface area contributed by atoms with Crippen molar-refractivity contribution in [2.75, 3.05) is 7.11 Å². The predicted molar refractivity (Wildman–Crippen MR) is 123 cm³/mol. The van der Waals surface area contributed by atoms with Crippen molar-refractivity contribution in [1.29, 1.82) is 5.41 Å². The van der Waals surface area contributed by atoms with Gasteiger partial charge in [0.1, 0.15) is 5.75 Å². The zero-order valence-corrected chi connectivity index (χ0v) is 18.5. The average Bonchev–Trinajstić information content (AvgIpc) is 2.79. The highest BCUT2D eigenvalue weighted by Gasteiger charge is 2.24. The molecule has 3 rings (SSSR count). The van der Waals surface area contributed by atoms with Gasteiger partial charge in [-0.15, -0.1) is 0 Å². The minimum absolute atomic E-state index is 0.120. The van der Waals surface area contributed by atoms with Crippen molar-refractivity contribution in [3.05, 3.63) is 63.2 Å². The first-order valence-electron chi connectivity index (χ1n) is 9.79. The van der Waals surface area contributed by atoms with Gasteiger partial charge in [-0.2, -0.15) is 0 Å². The van der Waals surface area contributed by atoms with E-state index in [9.17, 15) is 4.79 Å². The maximum absolute atomic E-state index is 12.8. The van der Waals surface area contributed by atoms with Gasteiger partial charge >= 0.3 is 7.48 Å². The summed E-state index contributed by atoms with van der Waals surface area (Å²) in [5, 5.41) is 20.8. The SMILES string of the molecule is COc1ccc(CNC(=O)C2=C(C(=N)Oc3c(Cl)cc([B]O)cc3Cl)CCCC2)cc1. The summed E-state index contributed by atoms with van der Waals surface area (Å²) in [6.45, 7) is 0.366. The Labute approximate surface area is 191 Å². The number of nitrogens with one attached hydrogen (secondary N) is 2. The molecule has 31 heavy (non-hydrogen) atoms. The molecule has 3 N–H and O–H groups in total. The molecule has 2 aromatic rings. The molecule has 0 heterocycles. The topological polar surface area (TPSA) is 91.6 Å². The fraction of sp³-hybridized carbons (Fsp3) is 0.273. The third-order valence-corrected chi connectivity index (χ3v) is 5.56. The molecule has 0 aromatic heterocycles. The summed E-state index contributed by atoms with van der Waals surface area (Å²) in [4.78, 5) is 12.8. The zero-order valence-electron chi connectivity index (χ0n) is 17.0. The van der Waals surface area contributed by atoms with E-state index in [4.69, 9.17) is 43.1 Å². The average molecular weight is 460 g/mol. The van der Waals surface area contributed by atoms with Crippen LogP contribution in [0.1, 0.15) is 31.2 Å². The fourth-order valence-electron chi connectivity index (χ4n) is 3.35. The highest BCUT2D eigenvalue weighted by Crippen LogP contribution is 2.34. The summed E-state index contributed by atoms with van der Waals surface area (Å²) in [6.07, 6.45) is 2.85. The summed E-state index contributed by atoms with van der Waals surface area (Å²) in [7, 11) is 2.48. The van der Waals surface area contributed by atoms with Gasteiger partial charge < -0.3 is 19.8 Å². The van der Waals surface area contributed by atoms with Gasteiger partial charge in [0.2, 0.25) is 11.8 Å². The molecule has 161 valence electrons. The number of hydrogen-bond donors (Lipinski definition) is 3. The molecule has 0 saturated carbocycles. The summed E-state index contributed by atoms with van der Waals surface area (Å²) >= 11 is 12.4. The molecule has 0 fully saturated rings. The molecular weight excluding hydrogens is 438 g/mol. The van der Waals surface area contributed by atoms with Crippen LogP contribution in [0.4, 0.5) is 0 Å². The number of amides is 1. The minimum atomic E-state index is -0.221. The van der Waals surface area contributed by atoms with E-state index in [1.54, 1.807) is 7.11 Å². The molecule has 0 spiro atoms. The molecule has 1 aliphatic carbocycles. The van der Waals surface area contributed by atoms with E-state index in [2.05, 4.69) is 5.32 Å². The van der Waals surface area contributed by atoms with Crippen LogP contribution in [0, 0.1) is 5.41 Å². The van der Waals surface area contributed by atoms with Crippen LogP contribution in [0.15, 0.2) is 47.5 Å². The molecule has 0 atom stereocenters. The smallest absolute Gasteiger partial charge is 0.326 e.